The van der Waals surface area contributed by atoms with E-state index in [1.807, 2.05) is 0 Å². The Labute approximate surface area is 122 Å². The predicted octanol–water partition coefficient (Wildman–Crippen LogP) is 1.17. The number of hydrogen-bond acceptors (Lipinski definition) is 4. The first-order valence-corrected chi connectivity index (χ1v) is 7.30. The first-order chi connectivity index (χ1) is 10.1. The molecule has 0 aromatic carbocycles. The van der Waals surface area contributed by atoms with Crippen LogP contribution in [0.15, 0.2) is 6.20 Å². The normalized spacial score (nSPS) is 23.5. The van der Waals surface area contributed by atoms with Gasteiger partial charge in [0.2, 0.25) is 5.91 Å². The lowest BCUT2D eigenvalue weighted by Crippen LogP contribution is -2.52. The number of H-pyrrole nitrogens is 1. The topological polar surface area (TPSA) is 104 Å². The standard InChI is InChI=1S/C14H19N3O4/c18-11(7-9-3-1-6-21-9)17-14(4-2-5-14)13-15-8-10(16-13)12(19)20/h8-9H,1-7H2,(H,15,16)(H,17,18)(H,19,20). The van der Waals surface area contributed by atoms with Crippen molar-refractivity contribution in [2.45, 2.75) is 50.2 Å². The molecule has 1 amide bonds. The largest absolute Gasteiger partial charge is 0.477 e. The van der Waals surface area contributed by atoms with Gasteiger partial charge in [-0.05, 0) is 32.1 Å². The van der Waals surface area contributed by atoms with Crippen LogP contribution in [-0.2, 0) is 15.1 Å². The maximum absolute atomic E-state index is 12.2. The van der Waals surface area contributed by atoms with Gasteiger partial charge in [0, 0.05) is 6.61 Å². The molecule has 0 radical (unpaired) electrons. The van der Waals surface area contributed by atoms with Gasteiger partial charge >= 0.3 is 5.97 Å². The smallest absolute Gasteiger partial charge is 0.353 e. The zero-order valence-electron chi connectivity index (χ0n) is 11.7. The van der Waals surface area contributed by atoms with Gasteiger partial charge in [0.15, 0.2) is 0 Å². The van der Waals surface area contributed by atoms with Crippen LogP contribution in [0.1, 0.15) is 54.8 Å². The minimum Gasteiger partial charge on any atom is -0.477 e. The Morgan fingerprint density at radius 3 is 2.81 bits per heavy atom. The lowest BCUT2D eigenvalue weighted by molar-refractivity contribution is -0.126. The Bertz CT molecular complexity index is 544. The molecule has 2 heterocycles. The molecule has 1 saturated heterocycles. The van der Waals surface area contributed by atoms with Crippen LogP contribution in [0.25, 0.3) is 0 Å². The fraction of sp³-hybridized carbons (Fsp3) is 0.643. The molecule has 1 atom stereocenters. The number of carbonyl (C=O) groups excluding carboxylic acids is 1. The van der Waals surface area contributed by atoms with Crippen LogP contribution in [-0.4, -0.2) is 39.7 Å². The van der Waals surface area contributed by atoms with Crippen LogP contribution in [0.5, 0.6) is 0 Å². The molecule has 2 aliphatic rings. The van der Waals surface area contributed by atoms with Gasteiger partial charge in [-0.1, -0.05) is 0 Å². The summed E-state index contributed by atoms with van der Waals surface area (Å²) in [6, 6.07) is 0. The summed E-state index contributed by atoms with van der Waals surface area (Å²) in [5, 5.41) is 12.0. The zero-order chi connectivity index (χ0) is 14.9. The molecule has 1 aliphatic carbocycles. The lowest BCUT2D eigenvalue weighted by atomic mass is 9.76. The first kappa shape index (κ1) is 14.1. The highest BCUT2D eigenvalue weighted by atomic mass is 16.5. The van der Waals surface area contributed by atoms with Crippen LogP contribution in [0.4, 0.5) is 0 Å². The number of nitrogens with one attached hydrogen (secondary N) is 2. The zero-order valence-corrected chi connectivity index (χ0v) is 11.7. The average molecular weight is 293 g/mol. The third kappa shape index (κ3) is 2.78. The number of carboxylic acids is 1. The van der Waals surface area contributed by atoms with Gasteiger partial charge in [-0.25, -0.2) is 9.78 Å². The maximum Gasteiger partial charge on any atom is 0.353 e. The Morgan fingerprint density at radius 1 is 1.48 bits per heavy atom. The third-order valence-electron chi connectivity index (χ3n) is 4.28. The number of rotatable bonds is 5. The van der Waals surface area contributed by atoms with Crippen molar-refractivity contribution in [3.05, 3.63) is 17.7 Å². The molecule has 3 rings (SSSR count). The Kier molecular flexibility index (Phi) is 3.67. The average Bonchev–Trinajstić information content (AvgIpc) is 3.04. The van der Waals surface area contributed by atoms with E-state index in [9.17, 15) is 9.59 Å². The quantitative estimate of drug-likeness (QED) is 0.756. The second kappa shape index (κ2) is 5.48. The van der Waals surface area contributed by atoms with Crippen molar-refractivity contribution in [2.75, 3.05) is 6.61 Å². The van der Waals surface area contributed by atoms with E-state index in [1.54, 1.807) is 0 Å². The fourth-order valence-corrected chi connectivity index (χ4v) is 2.95. The van der Waals surface area contributed by atoms with Crippen molar-refractivity contribution in [3.8, 4) is 0 Å². The molecule has 114 valence electrons. The summed E-state index contributed by atoms with van der Waals surface area (Å²) in [6.45, 7) is 0.725. The molecular formula is C14H19N3O4. The molecule has 7 heteroatoms. The van der Waals surface area contributed by atoms with Crippen molar-refractivity contribution >= 4 is 11.9 Å². The number of hydrogen-bond donors (Lipinski definition) is 3. The number of ether oxygens (including phenoxy) is 1. The Morgan fingerprint density at radius 2 is 2.29 bits per heavy atom. The number of aromatic carboxylic acids is 1. The number of nitrogens with zero attached hydrogens (tertiary/aromatic N) is 1. The lowest BCUT2D eigenvalue weighted by Gasteiger charge is -2.41. The monoisotopic (exact) mass is 293 g/mol. The van der Waals surface area contributed by atoms with Crippen molar-refractivity contribution in [3.63, 3.8) is 0 Å². The molecule has 7 nitrogen and oxygen atoms in total. The summed E-state index contributed by atoms with van der Waals surface area (Å²) in [5.74, 6) is -0.573. The van der Waals surface area contributed by atoms with Crippen molar-refractivity contribution in [2.24, 2.45) is 0 Å². The summed E-state index contributed by atoms with van der Waals surface area (Å²) in [7, 11) is 0. The van der Waals surface area contributed by atoms with E-state index < -0.39 is 11.5 Å². The van der Waals surface area contributed by atoms with Gasteiger partial charge in [-0.2, -0.15) is 0 Å². The number of aromatic amines is 1. The van der Waals surface area contributed by atoms with Crippen molar-refractivity contribution in [1.29, 1.82) is 0 Å². The number of imidazole rings is 1. The second-order valence-corrected chi connectivity index (χ2v) is 5.77. The van der Waals surface area contributed by atoms with Gasteiger partial charge < -0.3 is 20.1 Å². The van der Waals surface area contributed by atoms with Crippen LogP contribution < -0.4 is 5.32 Å². The molecule has 0 spiro atoms. The highest BCUT2D eigenvalue weighted by Gasteiger charge is 2.43. The Balaban J connectivity index is 1.67. The second-order valence-electron chi connectivity index (χ2n) is 5.77. The molecule has 1 aliphatic heterocycles. The van der Waals surface area contributed by atoms with E-state index in [0.717, 1.165) is 38.7 Å². The Hall–Kier alpha value is -1.89. The van der Waals surface area contributed by atoms with Gasteiger partial charge in [-0.3, -0.25) is 4.79 Å². The molecule has 21 heavy (non-hydrogen) atoms. The van der Waals surface area contributed by atoms with Crippen LogP contribution in [0, 0.1) is 0 Å². The molecular weight excluding hydrogens is 274 g/mol. The first-order valence-electron chi connectivity index (χ1n) is 7.30. The van der Waals surface area contributed by atoms with Crippen LogP contribution in [0.3, 0.4) is 0 Å². The predicted molar refractivity (Wildman–Crippen MR) is 72.8 cm³/mol. The van der Waals surface area contributed by atoms with Crippen LogP contribution >= 0.6 is 0 Å². The van der Waals surface area contributed by atoms with Gasteiger partial charge in [0.1, 0.15) is 11.5 Å². The van der Waals surface area contributed by atoms with Gasteiger partial charge in [0.05, 0.1) is 24.3 Å². The van der Waals surface area contributed by atoms with Crippen molar-refractivity contribution < 1.29 is 19.4 Å². The SMILES string of the molecule is O=C(CC1CCCO1)NC1(c2ncc(C(=O)O)[nH]2)CCC1. The molecule has 2 fully saturated rings. The van der Waals surface area contributed by atoms with E-state index in [2.05, 4.69) is 15.3 Å². The summed E-state index contributed by atoms with van der Waals surface area (Å²) < 4.78 is 5.47. The van der Waals surface area contributed by atoms with E-state index >= 15 is 0 Å². The van der Waals surface area contributed by atoms with Gasteiger partial charge in [0.25, 0.3) is 0 Å². The minimum absolute atomic E-state index is 0.00769. The molecule has 1 aromatic heterocycles. The van der Waals surface area contributed by atoms with E-state index in [-0.39, 0.29) is 17.7 Å². The third-order valence-corrected chi connectivity index (χ3v) is 4.28. The molecule has 1 aromatic rings. The maximum atomic E-state index is 12.2. The number of carbonyl (C=O) groups is 2. The highest BCUT2D eigenvalue weighted by Crippen LogP contribution is 2.40. The van der Waals surface area contributed by atoms with Gasteiger partial charge in [-0.15, -0.1) is 0 Å². The summed E-state index contributed by atoms with van der Waals surface area (Å²) in [6.07, 6.45) is 6.12. The van der Waals surface area contributed by atoms with E-state index in [4.69, 9.17) is 9.84 Å². The molecule has 1 saturated carbocycles. The van der Waals surface area contributed by atoms with Crippen molar-refractivity contribution in [1.82, 2.24) is 15.3 Å². The number of carboxylic acid groups (broad SMARTS) is 1. The van der Waals surface area contributed by atoms with Crippen LogP contribution in [0.2, 0.25) is 0 Å². The number of aromatic nitrogens is 2. The van der Waals surface area contributed by atoms with E-state index in [0.29, 0.717) is 12.2 Å². The molecule has 0 bridgehead atoms. The summed E-state index contributed by atoms with van der Waals surface area (Å²) >= 11 is 0. The summed E-state index contributed by atoms with van der Waals surface area (Å²) in [5.41, 5.74) is -0.492. The summed E-state index contributed by atoms with van der Waals surface area (Å²) in [4.78, 5) is 30.0. The molecule has 1 unspecified atom stereocenters. The molecule has 3 N–H and O–H groups in total. The van der Waals surface area contributed by atoms with E-state index in [1.165, 1.54) is 6.20 Å². The highest BCUT2D eigenvalue weighted by molar-refractivity contribution is 5.85. The minimum atomic E-state index is -1.05. The number of amides is 1. The fourth-order valence-electron chi connectivity index (χ4n) is 2.95.